The van der Waals surface area contributed by atoms with Crippen molar-refractivity contribution >= 4 is 17.7 Å². The Bertz CT molecular complexity index is 666. The Morgan fingerprint density at radius 3 is 2.71 bits per heavy atom. The van der Waals surface area contributed by atoms with Gasteiger partial charge in [0.05, 0.1) is 17.8 Å². The van der Waals surface area contributed by atoms with Gasteiger partial charge in [-0.15, -0.1) is 0 Å². The Hall–Kier alpha value is -2.83. The number of para-hydroxylation sites is 1. The van der Waals surface area contributed by atoms with Crippen molar-refractivity contribution < 1.29 is 19.2 Å². The Balaban J connectivity index is 2.07. The highest BCUT2D eigenvalue weighted by Crippen LogP contribution is 2.19. The molecule has 2 aromatic rings. The number of carbonyl (C=O) groups is 2. The van der Waals surface area contributed by atoms with Gasteiger partial charge in [-0.3, -0.25) is 4.90 Å². The Morgan fingerprint density at radius 2 is 2.10 bits per heavy atom. The van der Waals surface area contributed by atoms with Crippen LogP contribution in [0.1, 0.15) is 21.8 Å². The first-order valence-electron chi connectivity index (χ1n) is 6.25. The maximum atomic E-state index is 12.1. The number of nitrogens with one attached hydrogen (secondary N) is 1. The molecule has 0 saturated carbocycles. The molecule has 2 amide bonds. The molecule has 0 atom stereocenters. The van der Waals surface area contributed by atoms with E-state index in [0.29, 0.717) is 17.1 Å². The number of anilines is 1. The third-order valence-corrected chi connectivity index (χ3v) is 2.90. The summed E-state index contributed by atoms with van der Waals surface area (Å²) >= 11 is 0. The molecule has 1 heterocycles. The second-order valence-electron chi connectivity index (χ2n) is 4.47. The summed E-state index contributed by atoms with van der Waals surface area (Å²) in [6.45, 7) is 1.96. The average Bonchev–Trinajstić information content (AvgIpc) is 2.89. The lowest BCUT2D eigenvalue weighted by Gasteiger charge is -2.19. The van der Waals surface area contributed by atoms with Gasteiger partial charge in [0.25, 0.3) is 0 Å². The topological polar surface area (TPSA) is 95.7 Å². The number of urea groups is 1. The monoisotopic (exact) mass is 289 g/mol. The summed E-state index contributed by atoms with van der Waals surface area (Å²) in [5.41, 5.74) is 0.979. The molecule has 21 heavy (non-hydrogen) atoms. The van der Waals surface area contributed by atoms with Crippen LogP contribution in [-0.2, 0) is 6.54 Å². The van der Waals surface area contributed by atoms with E-state index in [4.69, 9.17) is 9.63 Å². The number of benzene rings is 1. The molecule has 0 bridgehead atoms. The number of carbonyl (C=O) groups excluding carboxylic acids is 1. The zero-order chi connectivity index (χ0) is 15.4. The highest BCUT2D eigenvalue weighted by Gasteiger charge is 2.17. The molecule has 0 fully saturated rings. The first-order chi connectivity index (χ1) is 9.99. The summed E-state index contributed by atoms with van der Waals surface area (Å²) in [6.07, 6.45) is 0. The third-order valence-electron chi connectivity index (χ3n) is 2.90. The van der Waals surface area contributed by atoms with Crippen molar-refractivity contribution in [2.45, 2.75) is 13.5 Å². The quantitative estimate of drug-likeness (QED) is 0.897. The van der Waals surface area contributed by atoms with Gasteiger partial charge in [-0.25, -0.2) is 9.59 Å². The van der Waals surface area contributed by atoms with Crippen molar-refractivity contribution in [1.82, 2.24) is 10.5 Å². The van der Waals surface area contributed by atoms with E-state index in [1.54, 1.807) is 31.2 Å². The largest absolute Gasteiger partial charge is 0.478 e. The predicted octanol–water partition coefficient (Wildman–Crippen LogP) is 2.03. The van der Waals surface area contributed by atoms with Crippen molar-refractivity contribution in [2.24, 2.45) is 0 Å². The van der Waals surface area contributed by atoms with Gasteiger partial charge in [-0.1, -0.05) is 17.3 Å². The van der Waals surface area contributed by atoms with Crippen LogP contribution in [-0.4, -0.2) is 29.3 Å². The molecule has 0 aliphatic carbocycles. The van der Waals surface area contributed by atoms with Gasteiger partial charge in [0.15, 0.2) is 0 Å². The molecule has 7 nitrogen and oxygen atoms in total. The van der Waals surface area contributed by atoms with Crippen LogP contribution in [0.3, 0.4) is 0 Å². The summed E-state index contributed by atoms with van der Waals surface area (Å²) in [6, 6.07) is 7.59. The average molecular weight is 289 g/mol. The molecule has 1 aromatic carbocycles. The molecule has 0 spiro atoms. The van der Waals surface area contributed by atoms with E-state index in [9.17, 15) is 9.59 Å². The van der Waals surface area contributed by atoms with E-state index in [1.807, 2.05) is 0 Å². The van der Waals surface area contributed by atoms with Crippen molar-refractivity contribution in [3.8, 4) is 0 Å². The number of aromatic carboxylic acids is 1. The normalized spacial score (nSPS) is 10.2. The molecule has 0 radical (unpaired) electrons. The smallest absolute Gasteiger partial charge is 0.337 e. The van der Waals surface area contributed by atoms with Gasteiger partial charge < -0.3 is 14.9 Å². The fraction of sp³-hybridized carbons (Fsp3) is 0.214. The number of aromatic nitrogens is 1. The van der Waals surface area contributed by atoms with Crippen LogP contribution in [0.4, 0.5) is 10.5 Å². The van der Waals surface area contributed by atoms with Crippen LogP contribution >= 0.6 is 0 Å². The number of carboxylic acid groups (broad SMARTS) is 1. The number of amides is 2. The van der Waals surface area contributed by atoms with Crippen molar-refractivity contribution in [1.29, 1.82) is 0 Å². The van der Waals surface area contributed by atoms with E-state index < -0.39 is 12.0 Å². The van der Waals surface area contributed by atoms with Gasteiger partial charge in [-0.05, 0) is 19.1 Å². The standard InChI is InChI=1S/C14H15N3O4/c1-9-7-10(16-21-9)8-15-14(20)17(2)12-6-4-3-5-11(12)13(18)19/h3-7H,8H2,1-2H3,(H,15,20)(H,18,19). The Morgan fingerprint density at radius 1 is 1.38 bits per heavy atom. The lowest BCUT2D eigenvalue weighted by molar-refractivity contribution is 0.0697. The minimum Gasteiger partial charge on any atom is -0.478 e. The Labute approximate surface area is 121 Å². The number of nitrogens with zero attached hydrogens (tertiary/aromatic N) is 2. The molecule has 0 unspecified atom stereocenters. The minimum atomic E-state index is -1.09. The van der Waals surface area contributed by atoms with Gasteiger partial charge >= 0.3 is 12.0 Å². The number of hydrogen-bond acceptors (Lipinski definition) is 4. The number of aryl methyl sites for hydroxylation is 1. The third kappa shape index (κ3) is 3.38. The molecule has 0 aliphatic heterocycles. The summed E-state index contributed by atoms with van der Waals surface area (Å²) < 4.78 is 4.90. The molecule has 0 aliphatic rings. The van der Waals surface area contributed by atoms with Gasteiger partial charge in [0.1, 0.15) is 11.5 Å². The number of carboxylic acids is 1. The van der Waals surface area contributed by atoms with Gasteiger partial charge in [-0.2, -0.15) is 0 Å². The van der Waals surface area contributed by atoms with Crippen LogP contribution in [0, 0.1) is 6.92 Å². The van der Waals surface area contributed by atoms with Crippen molar-refractivity contribution in [3.05, 3.63) is 47.3 Å². The summed E-state index contributed by atoms with van der Waals surface area (Å²) in [4.78, 5) is 24.5. The Kier molecular flexibility index (Phi) is 4.22. The first kappa shape index (κ1) is 14.6. The van der Waals surface area contributed by atoms with Crippen LogP contribution < -0.4 is 10.2 Å². The molecular weight excluding hydrogens is 274 g/mol. The second kappa shape index (κ2) is 6.08. The highest BCUT2D eigenvalue weighted by molar-refractivity contribution is 6.01. The molecular formula is C14H15N3O4. The summed E-state index contributed by atoms with van der Waals surface area (Å²) in [5.74, 6) is -0.429. The zero-order valence-corrected chi connectivity index (χ0v) is 11.7. The molecule has 0 saturated heterocycles. The fourth-order valence-corrected chi connectivity index (χ4v) is 1.84. The molecule has 110 valence electrons. The van der Waals surface area contributed by atoms with Crippen molar-refractivity contribution in [3.63, 3.8) is 0 Å². The lowest BCUT2D eigenvalue weighted by atomic mass is 10.1. The maximum absolute atomic E-state index is 12.1. The number of hydrogen-bond donors (Lipinski definition) is 2. The van der Waals surface area contributed by atoms with Gasteiger partial charge in [0, 0.05) is 13.1 Å². The summed E-state index contributed by atoms with van der Waals surface area (Å²) in [7, 11) is 1.51. The van der Waals surface area contributed by atoms with Crippen LogP contribution in [0.5, 0.6) is 0 Å². The molecule has 2 rings (SSSR count). The van der Waals surface area contributed by atoms with Crippen LogP contribution in [0.15, 0.2) is 34.9 Å². The predicted molar refractivity (Wildman–Crippen MR) is 75.3 cm³/mol. The lowest BCUT2D eigenvalue weighted by Crippen LogP contribution is -2.37. The van der Waals surface area contributed by atoms with Crippen LogP contribution in [0.2, 0.25) is 0 Å². The van der Waals surface area contributed by atoms with E-state index in [0.717, 1.165) is 0 Å². The molecule has 7 heteroatoms. The van der Waals surface area contributed by atoms with E-state index in [2.05, 4.69) is 10.5 Å². The van der Waals surface area contributed by atoms with Crippen molar-refractivity contribution in [2.75, 3.05) is 11.9 Å². The fourth-order valence-electron chi connectivity index (χ4n) is 1.84. The van der Waals surface area contributed by atoms with E-state index >= 15 is 0 Å². The molecule has 2 N–H and O–H groups in total. The number of rotatable bonds is 4. The maximum Gasteiger partial charge on any atom is 0.337 e. The van der Waals surface area contributed by atoms with Gasteiger partial charge in [0.2, 0.25) is 0 Å². The SMILES string of the molecule is Cc1cc(CNC(=O)N(C)c2ccccc2C(=O)O)no1. The first-order valence-corrected chi connectivity index (χ1v) is 6.25. The van der Waals surface area contributed by atoms with Crippen LogP contribution in [0.25, 0.3) is 0 Å². The minimum absolute atomic E-state index is 0.0624. The van der Waals surface area contributed by atoms with E-state index in [1.165, 1.54) is 18.0 Å². The second-order valence-corrected chi connectivity index (χ2v) is 4.47. The summed E-state index contributed by atoms with van der Waals surface area (Å²) in [5, 5.41) is 15.5. The van der Waals surface area contributed by atoms with E-state index in [-0.39, 0.29) is 12.1 Å². The highest BCUT2D eigenvalue weighted by atomic mass is 16.5. The zero-order valence-electron chi connectivity index (χ0n) is 11.7. The molecule has 1 aromatic heterocycles.